The van der Waals surface area contributed by atoms with Gasteiger partial charge in [-0.2, -0.15) is 4.31 Å². The Kier molecular flexibility index (Phi) is 22.8. The van der Waals surface area contributed by atoms with E-state index in [0.717, 1.165) is 12.8 Å². The van der Waals surface area contributed by atoms with Gasteiger partial charge in [-0.25, -0.2) is 9.13 Å². The van der Waals surface area contributed by atoms with E-state index in [1.54, 1.807) is 0 Å². The van der Waals surface area contributed by atoms with Crippen LogP contribution < -0.4 is 0 Å². The summed E-state index contributed by atoms with van der Waals surface area (Å²) >= 11 is 0. The Morgan fingerprint density at radius 3 is 1.30 bits per heavy atom. The highest BCUT2D eigenvalue weighted by Crippen LogP contribution is 2.57. The zero-order valence-electron chi connectivity index (χ0n) is 20.5. The molecule has 1 unspecified atom stereocenters. The summed E-state index contributed by atoms with van der Waals surface area (Å²) in [6.45, 7) is 3.32. The van der Waals surface area contributed by atoms with Crippen molar-refractivity contribution in [3.05, 3.63) is 0 Å². The molecule has 0 aromatic heterocycles. The largest absolute Gasteiger partial charge is 0.481 e. The van der Waals surface area contributed by atoms with E-state index in [2.05, 4.69) is 15.8 Å². The number of phosphoric acid groups is 2. The predicted molar refractivity (Wildman–Crippen MR) is 130 cm³/mol. The molecule has 9 nitrogen and oxygen atoms in total. The van der Waals surface area contributed by atoms with E-state index < -0.39 is 15.6 Å². The molecule has 0 aliphatic carbocycles. The van der Waals surface area contributed by atoms with E-state index >= 15 is 0 Å². The summed E-state index contributed by atoms with van der Waals surface area (Å²) in [4.78, 5) is 26.0. The second kappa shape index (κ2) is 22.6. The van der Waals surface area contributed by atoms with E-state index in [9.17, 15) is 9.13 Å². The minimum absolute atomic E-state index is 0.0164. The molecule has 0 heterocycles. The van der Waals surface area contributed by atoms with E-state index in [0.29, 0.717) is 19.8 Å². The third kappa shape index (κ3) is 28.3. The molecule has 0 aromatic rings. The second-order valence-electron chi connectivity index (χ2n) is 8.40. The lowest BCUT2D eigenvalue weighted by molar-refractivity contribution is 0.0311. The number of hydrogen-bond donors (Lipinski definition) is 3. The van der Waals surface area contributed by atoms with Crippen molar-refractivity contribution in [1.29, 1.82) is 0 Å². The first-order valence-corrected chi connectivity index (χ1v) is 15.7. The lowest BCUT2D eigenvalue weighted by Gasteiger charge is -2.12. The van der Waals surface area contributed by atoms with Gasteiger partial charge in [-0.1, -0.05) is 103 Å². The Hall–Kier alpha value is 0.180. The maximum Gasteiger partial charge on any atom is 0.481 e. The fourth-order valence-corrected chi connectivity index (χ4v) is 5.01. The van der Waals surface area contributed by atoms with Gasteiger partial charge in [-0.15, -0.1) is 0 Å². The molecule has 0 spiro atoms. The van der Waals surface area contributed by atoms with E-state index in [1.165, 1.54) is 89.9 Å². The van der Waals surface area contributed by atoms with Gasteiger partial charge < -0.3 is 24.2 Å². The third-order valence-corrected chi connectivity index (χ3v) is 7.39. The van der Waals surface area contributed by atoms with Crippen molar-refractivity contribution in [3.8, 4) is 0 Å². The lowest BCUT2D eigenvalue weighted by atomic mass is 10.0. The molecule has 0 rings (SSSR count). The van der Waals surface area contributed by atoms with Crippen molar-refractivity contribution >= 4 is 15.6 Å². The van der Waals surface area contributed by atoms with Crippen molar-refractivity contribution in [2.45, 2.75) is 110 Å². The minimum atomic E-state index is -5.08. The zero-order valence-corrected chi connectivity index (χ0v) is 22.3. The predicted octanol–water partition coefficient (Wildman–Crippen LogP) is 6.51. The van der Waals surface area contributed by atoms with Crippen LogP contribution in [0.15, 0.2) is 0 Å². The first-order valence-electron chi connectivity index (χ1n) is 12.7. The summed E-state index contributed by atoms with van der Waals surface area (Å²) in [5.74, 6) is 0. The summed E-state index contributed by atoms with van der Waals surface area (Å²) in [7, 11) is -9.87. The SMILES string of the molecule is CCCCCCCCCCCCCCCCCCOCCOCCOP(=O)(O)OP(=O)(O)O. The number of phosphoric ester groups is 1. The Balaban J connectivity index is 3.19. The molecule has 0 radical (unpaired) electrons. The smallest absolute Gasteiger partial charge is 0.379 e. The molecule has 1 atom stereocenters. The van der Waals surface area contributed by atoms with Gasteiger partial charge in [0, 0.05) is 6.61 Å². The van der Waals surface area contributed by atoms with E-state index in [-0.39, 0.29) is 13.2 Å². The van der Waals surface area contributed by atoms with Gasteiger partial charge in [0.25, 0.3) is 0 Å². The van der Waals surface area contributed by atoms with Gasteiger partial charge in [-0.3, -0.25) is 4.52 Å². The lowest BCUT2D eigenvalue weighted by Crippen LogP contribution is -2.09. The zero-order chi connectivity index (χ0) is 24.7. The van der Waals surface area contributed by atoms with Crippen molar-refractivity contribution in [1.82, 2.24) is 0 Å². The first-order chi connectivity index (χ1) is 15.8. The maximum absolute atomic E-state index is 11.2. The summed E-state index contributed by atoms with van der Waals surface area (Å²) in [6.07, 6.45) is 21.3. The average Bonchev–Trinajstić information content (AvgIpc) is 2.72. The molecule has 3 N–H and O–H groups in total. The fourth-order valence-electron chi connectivity index (χ4n) is 3.44. The Morgan fingerprint density at radius 1 is 0.515 bits per heavy atom. The van der Waals surface area contributed by atoms with Crippen LogP contribution in [-0.4, -0.2) is 47.7 Å². The summed E-state index contributed by atoms with van der Waals surface area (Å²) in [6, 6.07) is 0. The van der Waals surface area contributed by atoms with Crippen LogP contribution in [0.3, 0.4) is 0 Å². The van der Waals surface area contributed by atoms with E-state index in [1.807, 2.05) is 0 Å². The highest BCUT2D eigenvalue weighted by atomic mass is 31.3. The minimum Gasteiger partial charge on any atom is -0.379 e. The second-order valence-corrected chi connectivity index (χ2v) is 11.2. The van der Waals surface area contributed by atoms with Crippen LogP contribution in [0.1, 0.15) is 110 Å². The maximum atomic E-state index is 11.2. The topological polar surface area (TPSA) is 132 Å². The van der Waals surface area contributed by atoms with Gasteiger partial charge in [-0.05, 0) is 6.42 Å². The highest BCUT2D eigenvalue weighted by Gasteiger charge is 2.32. The summed E-state index contributed by atoms with van der Waals surface area (Å²) in [5.41, 5.74) is 0. The average molecular weight is 519 g/mol. The van der Waals surface area contributed by atoms with Crippen LogP contribution in [0.4, 0.5) is 0 Å². The number of hydrogen-bond acceptors (Lipinski definition) is 6. The quantitative estimate of drug-likeness (QED) is 0.0866. The Labute approximate surface area is 200 Å². The van der Waals surface area contributed by atoms with Crippen molar-refractivity contribution in [2.75, 3.05) is 33.0 Å². The summed E-state index contributed by atoms with van der Waals surface area (Å²) < 4.78 is 40.3. The van der Waals surface area contributed by atoms with Gasteiger partial charge in [0.1, 0.15) is 0 Å². The van der Waals surface area contributed by atoms with E-state index in [4.69, 9.17) is 24.2 Å². The molecule has 0 aliphatic rings. The van der Waals surface area contributed by atoms with Crippen LogP contribution in [0.2, 0.25) is 0 Å². The molecule has 200 valence electrons. The van der Waals surface area contributed by atoms with Crippen LogP contribution in [0, 0.1) is 0 Å². The molecule has 0 amide bonds. The van der Waals surface area contributed by atoms with Crippen molar-refractivity contribution in [3.63, 3.8) is 0 Å². The molecule has 11 heteroatoms. The van der Waals surface area contributed by atoms with Crippen molar-refractivity contribution in [2.24, 2.45) is 0 Å². The Bertz CT molecular complexity index is 514. The molecule has 0 aliphatic heterocycles. The Morgan fingerprint density at radius 2 is 0.879 bits per heavy atom. The standard InChI is InChI=1S/C22H48O9P2/c1-2-3-4-5-6-7-8-9-10-11-12-13-14-15-16-17-18-28-19-20-29-21-22-30-33(26,27)31-32(23,24)25/h2-22H2,1H3,(H,26,27)(H2,23,24,25). The third-order valence-electron chi connectivity index (χ3n) is 5.21. The van der Waals surface area contributed by atoms with Gasteiger partial charge >= 0.3 is 15.6 Å². The monoisotopic (exact) mass is 518 g/mol. The number of unbranched alkanes of at least 4 members (excludes halogenated alkanes) is 15. The molecule has 0 aromatic carbocycles. The number of rotatable bonds is 26. The van der Waals surface area contributed by atoms with Gasteiger partial charge in [0.05, 0.1) is 26.4 Å². The highest BCUT2D eigenvalue weighted by molar-refractivity contribution is 7.60. The van der Waals surface area contributed by atoms with Crippen LogP contribution in [-0.2, 0) is 27.4 Å². The van der Waals surface area contributed by atoms with Crippen molar-refractivity contribution < 1.29 is 42.1 Å². The normalized spacial score (nSPS) is 13.9. The molecular formula is C22H48O9P2. The van der Waals surface area contributed by atoms with Crippen LogP contribution >= 0.6 is 15.6 Å². The van der Waals surface area contributed by atoms with Gasteiger partial charge in [0.2, 0.25) is 0 Å². The van der Waals surface area contributed by atoms with Crippen LogP contribution in [0.5, 0.6) is 0 Å². The number of ether oxygens (including phenoxy) is 2. The molecule has 0 bridgehead atoms. The molecule has 0 saturated carbocycles. The summed E-state index contributed by atoms with van der Waals surface area (Å²) in [5, 5.41) is 0. The molecule has 0 saturated heterocycles. The molecule has 33 heavy (non-hydrogen) atoms. The fraction of sp³-hybridized carbons (Fsp3) is 1.00. The molecule has 0 fully saturated rings. The first kappa shape index (κ1) is 33.2. The van der Waals surface area contributed by atoms with Gasteiger partial charge in [0.15, 0.2) is 0 Å². The molecular weight excluding hydrogens is 470 g/mol. The van der Waals surface area contributed by atoms with Crippen LogP contribution in [0.25, 0.3) is 0 Å².